The topological polar surface area (TPSA) is 104 Å². The third-order valence-electron chi connectivity index (χ3n) is 4.73. The zero-order valence-electron chi connectivity index (χ0n) is 14.5. The molecule has 0 aliphatic heterocycles. The summed E-state index contributed by atoms with van der Waals surface area (Å²) in [5.74, 6) is -2.11. The molecule has 0 bridgehead atoms. The molecule has 0 saturated heterocycles. The number of aromatic hydroxyl groups is 1. The second-order valence-electron chi connectivity index (χ2n) is 6.44. The van der Waals surface area contributed by atoms with E-state index in [4.69, 9.17) is 0 Å². The van der Waals surface area contributed by atoms with E-state index in [-0.39, 0.29) is 17.1 Å². The number of rotatable bonds is 4. The molecule has 3 N–H and O–H groups in total. The van der Waals surface area contributed by atoms with E-state index in [9.17, 15) is 24.6 Å². The van der Waals surface area contributed by atoms with Crippen LogP contribution in [0.25, 0.3) is 11.1 Å². The number of fused-ring (bicyclic) bond motifs is 3. The van der Waals surface area contributed by atoms with Crippen molar-refractivity contribution in [3.8, 4) is 16.9 Å². The van der Waals surface area contributed by atoms with Gasteiger partial charge >= 0.3 is 5.97 Å². The lowest BCUT2D eigenvalue weighted by Crippen LogP contribution is -2.34. The number of phenolic OH excluding ortho intramolecular Hbond substituents is 1. The van der Waals surface area contributed by atoms with E-state index in [0.717, 1.165) is 0 Å². The number of benzene rings is 3. The lowest BCUT2D eigenvalue weighted by Gasteiger charge is -2.16. The highest BCUT2D eigenvalue weighted by molar-refractivity contribution is 6.24. The van der Waals surface area contributed by atoms with Crippen LogP contribution in [-0.4, -0.2) is 27.9 Å². The summed E-state index contributed by atoms with van der Waals surface area (Å²) in [6, 6.07) is 16.3. The van der Waals surface area contributed by atoms with E-state index < -0.39 is 17.9 Å². The van der Waals surface area contributed by atoms with Gasteiger partial charge in [0.2, 0.25) is 0 Å². The van der Waals surface area contributed by atoms with Crippen molar-refractivity contribution in [3.63, 3.8) is 0 Å². The highest BCUT2D eigenvalue weighted by atomic mass is 16.4. The molecule has 0 fully saturated rings. The van der Waals surface area contributed by atoms with Crippen LogP contribution in [0.15, 0.2) is 66.7 Å². The summed E-state index contributed by atoms with van der Waals surface area (Å²) < 4.78 is 0. The fraction of sp³-hybridized carbons (Fsp3) is 0.0455. The molecule has 1 amide bonds. The Bertz CT molecular complexity index is 1120. The molecule has 0 spiro atoms. The number of ketones is 1. The number of nitrogens with one attached hydrogen (secondary N) is 1. The summed E-state index contributed by atoms with van der Waals surface area (Å²) in [5, 5.41) is 21.8. The number of aliphatic carboxylic acids is 1. The van der Waals surface area contributed by atoms with Crippen molar-refractivity contribution >= 4 is 17.7 Å². The maximum Gasteiger partial charge on any atom is 0.330 e. The van der Waals surface area contributed by atoms with Crippen molar-refractivity contribution in [1.29, 1.82) is 0 Å². The van der Waals surface area contributed by atoms with Crippen LogP contribution in [0.3, 0.4) is 0 Å². The zero-order valence-corrected chi connectivity index (χ0v) is 14.5. The van der Waals surface area contributed by atoms with Gasteiger partial charge in [0.25, 0.3) is 5.91 Å². The van der Waals surface area contributed by atoms with Crippen LogP contribution >= 0.6 is 0 Å². The number of carbonyl (C=O) groups excluding carboxylic acids is 2. The molecule has 6 nitrogen and oxygen atoms in total. The normalized spacial score (nSPS) is 12.8. The third-order valence-corrected chi connectivity index (χ3v) is 4.73. The van der Waals surface area contributed by atoms with Gasteiger partial charge < -0.3 is 15.5 Å². The van der Waals surface area contributed by atoms with Crippen molar-refractivity contribution in [2.24, 2.45) is 0 Å². The van der Waals surface area contributed by atoms with Gasteiger partial charge in [-0.3, -0.25) is 9.59 Å². The summed E-state index contributed by atoms with van der Waals surface area (Å²) >= 11 is 0. The van der Waals surface area contributed by atoms with E-state index >= 15 is 0 Å². The fourth-order valence-electron chi connectivity index (χ4n) is 3.45. The minimum absolute atomic E-state index is 0.0408. The first-order chi connectivity index (χ1) is 13.5. The summed E-state index contributed by atoms with van der Waals surface area (Å²) in [4.78, 5) is 37.3. The number of carbonyl (C=O) groups is 3. The molecule has 1 aliphatic carbocycles. The Hall–Kier alpha value is -3.93. The van der Waals surface area contributed by atoms with Crippen LogP contribution in [0.2, 0.25) is 0 Å². The molecule has 0 radical (unpaired) electrons. The molecule has 3 aromatic rings. The fourth-order valence-corrected chi connectivity index (χ4v) is 3.45. The van der Waals surface area contributed by atoms with Gasteiger partial charge in [0.15, 0.2) is 11.8 Å². The molecule has 3 aromatic carbocycles. The summed E-state index contributed by atoms with van der Waals surface area (Å²) in [7, 11) is 0. The maximum atomic E-state index is 12.9. The highest BCUT2D eigenvalue weighted by Crippen LogP contribution is 2.40. The Balaban J connectivity index is 1.76. The Morgan fingerprint density at radius 1 is 0.857 bits per heavy atom. The SMILES string of the molecule is O=C(NC(C(=O)O)c1ccccc1)c1cccc2c1-c1ccc(O)cc1C2=O. The van der Waals surface area contributed by atoms with Crippen LogP contribution in [0.4, 0.5) is 0 Å². The molecule has 1 unspecified atom stereocenters. The minimum Gasteiger partial charge on any atom is -0.508 e. The average Bonchev–Trinajstić information content (AvgIpc) is 2.98. The predicted octanol–water partition coefficient (Wildman–Crippen LogP) is 3.16. The predicted molar refractivity (Wildman–Crippen MR) is 101 cm³/mol. The van der Waals surface area contributed by atoms with Gasteiger partial charge in [0, 0.05) is 22.3 Å². The van der Waals surface area contributed by atoms with Gasteiger partial charge in [0.1, 0.15) is 5.75 Å². The first kappa shape index (κ1) is 17.5. The monoisotopic (exact) mass is 373 g/mol. The van der Waals surface area contributed by atoms with Gasteiger partial charge in [-0.1, -0.05) is 42.5 Å². The van der Waals surface area contributed by atoms with Gasteiger partial charge in [-0.25, -0.2) is 4.79 Å². The van der Waals surface area contributed by atoms with Crippen LogP contribution in [0, 0.1) is 0 Å². The molecule has 1 aliphatic rings. The summed E-state index contributed by atoms with van der Waals surface area (Å²) in [5.41, 5.74) is 2.29. The maximum absolute atomic E-state index is 12.9. The van der Waals surface area contributed by atoms with Crippen LogP contribution in [-0.2, 0) is 4.79 Å². The second-order valence-corrected chi connectivity index (χ2v) is 6.44. The van der Waals surface area contributed by atoms with Gasteiger partial charge in [-0.2, -0.15) is 0 Å². The Labute approximate surface area is 160 Å². The van der Waals surface area contributed by atoms with E-state index in [1.54, 1.807) is 54.6 Å². The zero-order chi connectivity index (χ0) is 19.8. The third kappa shape index (κ3) is 2.81. The molecule has 6 heteroatoms. The molecule has 0 aromatic heterocycles. The molecule has 4 rings (SSSR count). The first-order valence-corrected chi connectivity index (χ1v) is 8.57. The molecule has 138 valence electrons. The van der Waals surface area contributed by atoms with Crippen molar-refractivity contribution in [1.82, 2.24) is 5.32 Å². The Morgan fingerprint density at radius 3 is 2.32 bits per heavy atom. The average molecular weight is 373 g/mol. The van der Waals surface area contributed by atoms with Crippen molar-refractivity contribution in [2.45, 2.75) is 6.04 Å². The number of amides is 1. The number of hydrogen-bond acceptors (Lipinski definition) is 4. The smallest absolute Gasteiger partial charge is 0.330 e. The summed E-state index contributed by atoms with van der Waals surface area (Å²) in [6.45, 7) is 0. The molecular formula is C22H15NO5. The van der Waals surface area contributed by atoms with Crippen molar-refractivity contribution in [3.05, 3.63) is 89.0 Å². The molecule has 0 heterocycles. The van der Waals surface area contributed by atoms with Crippen molar-refractivity contribution < 1.29 is 24.6 Å². The van der Waals surface area contributed by atoms with Crippen molar-refractivity contribution in [2.75, 3.05) is 0 Å². The standard InChI is InChI=1S/C22H15NO5/c24-13-9-10-14-17(11-13)20(25)15-7-4-8-16(18(14)15)21(26)23-19(22(27)28)12-5-2-1-3-6-12/h1-11,19,24H,(H,23,26)(H,27,28). The lowest BCUT2D eigenvalue weighted by molar-refractivity contribution is -0.139. The van der Waals surface area contributed by atoms with Gasteiger partial charge in [-0.05, 0) is 35.4 Å². The number of carboxylic acid groups (broad SMARTS) is 1. The Kier molecular flexibility index (Phi) is 4.16. The van der Waals surface area contributed by atoms with Crippen LogP contribution < -0.4 is 5.32 Å². The van der Waals surface area contributed by atoms with E-state index in [1.807, 2.05) is 0 Å². The largest absolute Gasteiger partial charge is 0.508 e. The second kappa shape index (κ2) is 6.66. The summed E-state index contributed by atoms with van der Waals surface area (Å²) in [6.07, 6.45) is 0. The number of carboxylic acids is 1. The quantitative estimate of drug-likeness (QED) is 0.510. The molecule has 1 atom stereocenters. The van der Waals surface area contributed by atoms with Gasteiger partial charge in [-0.15, -0.1) is 0 Å². The van der Waals surface area contributed by atoms with E-state index in [2.05, 4.69) is 5.32 Å². The molecule has 0 saturated carbocycles. The molecular weight excluding hydrogens is 358 g/mol. The van der Waals surface area contributed by atoms with Crippen LogP contribution in [0.1, 0.15) is 37.9 Å². The van der Waals surface area contributed by atoms with E-state index in [1.165, 1.54) is 12.1 Å². The number of phenols is 1. The molecule has 28 heavy (non-hydrogen) atoms. The lowest BCUT2D eigenvalue weighted by atomic mass is 9.98. The van der Waals surface area contributed by atoms with E-state index in [0.29, 0.717) is 27.8 Å². The Morgan fingerprint density at radius 2 is 1.61 bits per heavy atom. The van der Waals surface area contributed by atoms with Crippen LogP contribution in [0.5, 0.6) is 5.75 Å². The van der Waals surface area contributed by atoms with Gasteiger partial charge in [0.05, 0.1) is 0 Å². The number of hydrogen-bond donors (Lipinski definition) is 3. The first-order valence-electron chi connectivity index (χ1n) is 8.57. The minimum atomic E-state index is -1.22. The highest BCUT2D eigenvalue weighted by Gasteiger charge is 2.32.